The lowest BCUT2D eigenvalue weighted by molar-refractivity contribution is -0.282. The minimum atomic E-state index is -5.68. The van der Waals surface area contributed by atoms with Gasteiger partial charge in [-0.05, 0) is 12.8 Å². The number of hydrogen-bond donors (Lipinski definition) is 0. The van der Waals surface area contributed by atoms with Crippen molar-refractivity contribution in [1.82, 2.24) is 0 Å². The average Bonchev–Trinajstić information content (AvgIpc) is 2.29. The van der Waals surface area contributed by atoms with Gasteiger partial charge in [0.15, 0.2) is 0 Å². The molecule has 15 heavy (non-hydrogen) atoms. The summed E-state index contributed by atoms with van der Waals surface area (Å²) in [6, 6.07) is 0. The van der Waals surface area contributed by atoms with Gasteiger partial charge in [0, 0.05) is 0 Å². The Balaban J connectivity index is 2.73. The zero-order valence-corrected chi connectivity index (χ0v) is 6.94. The fraction of sp³-hybridized carbons (Fsp3) is 1.00. The molecule has 88 valence electrons. The molecule has 2 saturated carbocycles. The molecule has 2 aliphatic carbocycles. The van der Waals surface area contributed by atoms with Crippen molar-refractivity contribution < 1.29 is 35.1 Å². The van der Waals surface area contributed by atoms with E-state index in [2.05, 4.69) is 0 Å². The molecule has 0 amide bonds. The van der Waals surface area contributed by atoms with Crippen LogP contribution in [0.4, 0.5) is 35.1 Å². The summed E-state index contributed by atoms with van der Waals surface area (Å²) in [5.41, 5.74) is -9.59. The van der Waals surface area contributed by atoms with Crippen LogP contribution in [-0.2, 0) is 0 Å². The van der Waals surface area contributed by atoms with Gasteiger partial charge in [0.05, 0.1) is 0 Å². The number of rotatable bonds is 0. The summed E-state index contributed by atoms with van der Waals surface area (Å²) in [7, 11) is 0. The monoisotopic (exact) mass is 240 g/mol. The van der Waals surface area contributed by atoms with Gasteiger partial charge in [-0.15, -0.1) is 0 Å². The first-order valence-corrected chi connectivity index (χ1v) is 3.97. The molecule has 2 rings (SSSR count). The lowest BCUT2D eigenvalue weighted by Gasteiger charge is -2.33. The standard InChI is InChI=1S/C7H4F8/c8-3-1-2-4(9,5(3,10)11)7(14,15)6(3,12)13/h1-2H2. The lowest BCUT2D eigenvalue weighted by atomic mass is 9.89. The molecule has 0 aromatic carbocycles. The molecule has 0 spiro atoms. The Morgan fingerprint density at radius 3 is 0.867 bits per heavy atom. The Morgan fingerprint density at radius 2 is 0.733 bits per heavy atom. The second kappa shape index (κ2) is 2.10. The molecule has 0 saturated heterocycles. The summed E-state index contributed by atoms with van der Waals surface area (Å²) in [5.74, 6) is -16.7. The number of halogens is 8. The maximum atomic E-state index is 13.2. The predicted octanol–water partition coefficient (Wildman–Crippen LogP) is 3.12. The van der Waals surface area contributed by atoms with E-state index in [0.717, 1.165) is 0 Å². The van der Waals surface area contributed by atoms with Gasteiger partial charge in [0.1, 0.15) is 0 Å². The molecule has 2 fully saturated rings. The molecule has 0 aliphatic heterocycles. The summed E-state index contributed by atoms with van der Waals surface area (Å²) in [4.78, 5) is 0. The molecular formula is C7H4F8. The number of hydrogen-bond acceptors (Lipinski definition) is 0. The largest absolute Gasteiger partial charge is 0.353 e. The molecular weight excluding hydrogens is 236 g/mol. The van der Waals surface area contributed by atoms with Crippen LogP contribution >= 0.6 is 0 Å². The second-order valence-electron chi connectivity index (χ2n) is 3.83. The number of alkyl halides is 8. The first kappa shape index (κ1) is 10.9. The molecule has 2 unspecified atom stereocenters. The third-order valence-electron chi connectivity index (χ3n) is 3.20. The van der Waals surface area contributed by atoms with Crippen LogP contribution in [-0.4, -0.2) is 29.1 Å². The van der Waals surface area contributed by atoms with E-state index in [1.807, 2.05) is 0 Å². The van der Waals surface area contributed by atoms with Crippen LogP contribution in [0.2, 0.25) is 0 Å². The molecule has 0 nitrogen and oxygen atoms in total. The first-order chi connectivity index (χ1) is 6.46. The topological polar surface area (TPSA) is 0 Å². The number of fused-ring (bicyclic) bond motifs is 2. The molecule has 2 aliphatic rings. The van der Waals surface area contributed by atoms with Gasteiger partial charge < -0.3 is 0 Å². The zero-order valence-electron chi connectivity index (χ0n) is 6.94. The Labute approximate surface area is 78.2 Å². The Hall–Kier alpha value is -0.560. The van der Waals surface area contributed by atoms with E-state index in [-0.39, 0.29) is 0 Å². The van der Waals surface area contributed by atoms with E-state index in [0.29, 0.717) is 0 Å². The van der Waals surface area contributed by atoms with Crippen molar-refractivity contribution in [2.24, 2.45) is 0 Å². The van der Waals surface area contributed by atoms with Crippen LogP contribution in [0.5, 0.6) is 0 Å². The van der Waals surface area contributed by atoms with Crippen molar-refractivity contribution in [3.63, 3.8) is 0 Å². The van der Waals surface area contributed by atoms with Crippen molar-refractivity contribution in [1.29, 1.82) is 0 Å². The van der Waals surface area contributed by atoms with Crippen molar-refractivity contribution in [3.05, 3.63) is 0 Å². The highest BCUT2D eigenvalue weighted by atomic mass is 19.3. The van der Waals surface area contributed by atoms with Gasteiger partial charge in [0.25, 0.3) is 0 Å². The fourth-order valence-electron chi connectivity index (χ4n) is 2.18. The summed E-state index contributed by atoms with van der Waals surface area (Å²) >= 11 is 0. The van der Waals surface area contributed by atoms with Crippen LogP contribution in [0, 0.1) is 0 Å². The molecule has 0 aromatic heterocycles. The molecule has 0 N–H and O–H groups in total. The zero-order chi connectivity index (χ0) is 11.9. The first-order valence-electron chi connectivity index (χ1n) is 3.97. The van der Waals surface area contributed by atoms with Crippen LogP contribution in [0.25, 0.3) is 0 Å². The third kappa shape index (κ3) is 0.665. The van der Waals surface area contributed by atoms with Crippen molar-refractivity contribution in [3.8, 4) is 0 Å². The van der Waals surface area contributed by atoms with Gasteiger partial charge >= 0.3 is 17.8 Å². The molecule has 2 atom stereocenters. The van der Waals surface area contributed by atoms with Crippen molar-refractivity contribution >= 4 is 0 Å². The lowest BCUT2D eigenvalue weighted by Crippen LogP contribution is -2.57. The summed E-state index contributed by atoms with van der Waals surface area (Å²) < 4.78 is 103. The molecule has 0 heterocycles. The highest BCUT2D eigenvalue weighted by Crippen LogP contribution is 2.75. The smallest absolute Gasteiger partial charge is 0.230 e. The van der Waals surface area contributed by atoms with Crippen molar-refractivity contribution in [2.75, 3.05) is 0 Å². The van der Waals surface area contributed by atoms with Gasteiger partial charge in [-0.1, -0.05) is 0 Å². The van der Waals surface area contributed by atoms with Gasteiger partial charge in [0.2, 0.25) is 11.3 Å². The molecule has 8 heteroatoms. The fourth-order valence-corrected chi connectivity index (χ4v) is 2.18. The van der Waals surface area contributed by atoms with E-state index < -0.39 is 41.9 Å². The van der Waals surface area contributed by atoms with Gasteiger partial charge in [-0.25, -0.2) is 8.78 Å². The summed E-state index contributed by atoms with van der Waals surface area (Å²) in [5, 5.41) is 0. The molecule has 0 radical (unpaired) electrons. The molecule has 2 bridgehead atoms. The quantitative estimate of drug-likeness (QED) is 0.570. The maximum Gasteiger partial charge on any atom is 0.353 e. The van der Waals surface area contributed by atoms with Gasteiger partial charge in [-0.2, -0.15) is 26.3 Å². The highest BCUT2D eigenvalue weighted by molar-refractivity contribution is 5.34. The Bertz CT molecular complexity index is 274. The SMILES string of the molecule is FC1(F)C(F)(F)C2(F)CCC1(F)C2(F)F. The van der Waals surface area contributed by atoms with Crippen molar-refractivity contribution in [2.45, 2.75) is 41.9 Å². The molecule has 0 aromatic rings. The maximum absolute atomic E-state index is 13.2. The minimum absolute atomic E-state index is 1.61. The average molecular weight is 240 g/mol. The Morgan fingerprint density at radius 1 is 0.467 bits per heavy atom. The summed E-state index contributed by atoms with van der Waals surface area (Å²) in [6.45, 7) is 0. The van der Waals surface area contributed by atoms with E-state index >= 15 is 0 Å². The second-order valence-corrected chi connectivity index (χ2v) is 3.83. The van der Waals surface area contributed by atoms with Crippen LogP contribution < -0.4 is 0 Å². The third-order valence-corrected chi connectivity index (χ3v) is 3.20. The van der Waals surface area contributed by atoms with E-state index in [4.69, 9.17) is 0 Å². The van der Waals surface area contributed by atoms with Crippen LogP contribution in [0.3, 0.4) is 0 Å². The Kier molecular flexibility index (Phi) is 1.53. The summed E-state index contributed by atoms with van der Waals surface area (Å²) in [6.07, 6.45) is -3.22. The van der Waals surface area contributed by atoms with Crippen LogP contribution in [0.15, 0.2) is 0 Å². The van der Waals surface area contributed by atoms with Gasteiger partial charge in [-0.3, -0.25) is 0 Å². The van der Waals surface area contributed by atoms with E-state index in [1.54, 1.807) is 0 Å². The predicted molar refractivity (Wildman–Crippen MR) is 31.8 cm³/mol. The minimum Gasteiger partial charge on any atom is -0.230 e. The normalized spacial score (nSPS) is 49.6. The van der Waals surface area contributed by atoms with Crippen LogP contribution in [0.1, 0.15) is 12.8 Å². The van der Waals surface area contributed by atoms with E-state index in [9.17, 15) is 35.1 Å². The highest BCUT2D eigenvalue weighted by Gasteiger charge is 3.01. The van der Waals surface area contributed by atoms with E-state index in [1.165, 1.54) is 0 Å².